The van der Waals surface area contributed by atoms with Crippen LogP contribution in [0.4, 0.5) is 10.1 Å². The Balaban J connectivity index is 1.48. The van der Waals surface area contributed by atoms with Crippen LogP contribution in [0, 0.1) is 17.7 Å². The second-order valence-electron chi connectivity index (χ2n) is 9.03. The van der Waals surface area contributed by atoms with Gasteiger partial charge in [-0.1, -0.05) is 24.3 Å². The summed E-state index contributed by atoms with van der Waals surface area (Å²) in [6.45, 7) is 0. The third-order valence-corrected chi connectivity index (χ3v) is 7.87. The summed E-state index contributed by atoms with van der Waals surface area (Å²) in [6, 6.07) is 16.6. The lowest BCUT2D eigenvalue weighted by Gasteiger charge is -2.35. The summed E-state index contributed by atoms with van der Waals surface area (Å²) in [5, 5.41) is 0. The van der Waals surface area contributed by atoms with Crippen LogP contribution in [0.2, 0.25) is 0 Å². The molecule has 0 spiro atoms. The average Bonchev–Trinajstić information content (AvgIpc) is 3.36. The summed E-state index contributed by atoms with van der Waals surface area (Å²) >= 11 is 3.43. The molecule has 6 rings (SSSR count). The molecule has 6 nitrogen and oxygen atoms in total. The second-order valence-corrected chi connectivity index (χ2v) is 9.89. The van der Waals surface area contributed by atoms with Crippen molar-refractivity contribution in [2.24, 2.45) is 11.8 Å². The highest BCUT2D eigenvalue weighted by Crippen LogP contribution is 2.53. The van der Waals surface area contributed by atoms with Crippen LogP contribution in [0.5, 0.6) is 5.75 Å². The molecule has 0 radical (unpaired) electrons. The van der Waals surface area contributed by atoms with Gasteiger partial charge in [-0.3, -0.25) is 14.4 Å². The van der Waals surface area contributed by atoms with E-state index >= 15 is 0 Å². The Bertz CT molecular complexity index is 1450. The third-order valence-electron chi connectivity index (χ3n) is 7.25. The normalized spacial score (nSPS) is 24.0. The van der Waals surface area contributed by atoms with Crippen LogP contribution in [0.15, 0.2) is 77.4 Å². The molecule has 2 saturated heterocycles. The molecule has 3 heterocycles. The van der Waals surface area contributed by atoms with E-state index in [0.29, 0.717) is 21.5 Å². The number of hydrogen-bond acceptors (Lipinski definition) is 5. The number of Topliss-reactive ketones (excluding diaryl/α,β-unsaturated/α-hetero) is 1. The van der Waals surface area contributed by atoms with E-state index in [9.17, 15) is 18.8 Å². The summed E-state index contributed by atoms with van der Waals surface area (Å²) < 4.78 is 19.5. The number of halogens is 2. The Kier molecular flexibility index (Phi) is 5.30. The van der Waals surface area contributed by atoms with Gasteiger partial charge in [0.1, 0.15) is 17.6 Å². The van der Waals surface area contributed by atoms with Gasteiger partial charge in [-0.15, -0.1) is 0 Å². The largest absolute Gasteiger partial charge is 0.496 e. The molecule has 0 saturated carbocycles. The standard InChI is InChI=1S/C28H20BrFN2O4/c1-36-21-11-6-16(14-20(21)29)26(33)25-23-22(24-19-5-3-2-4-15(19)12-13-31(24)25)27(34)32(28(23)35)18-9-7-17(30)8-10-18/h2-14,22-25H,1H3/t22-,23+,24+,25-/m1/s1. The molecule has 180 valence electrons. The Hall–Kier alpha value is -3.78. The topological polar surface area (TPSA) is 66.9 Å². The van der Waals surface area contributed by atoms with E-state index in [1.54, 1.807) is 18.2 Å². The third kappa shape index (κ3) is 3.24. The van der Waals surface area contributed by atoms with E-state index in [1.807, 2.05) is 41.4 Å². The van der Waals surface area contributed by atoms with Gasteiger partial charge in [-0.25, -0.2) is 9.29 Å². The number of carbonyl (C=O) groups excluding carboxylic acids is 3. The molecule has 0 aliphatic carbocycles. The lowest BCUT2D eigenvalue weighted by Crippen LogP contribution is -2.44. The van der Waals surface area contributed by atoms with E-state index in [2.05, 4.69) is 15.9 Å². The fourth-order valence-electron chi connectivity index (χ4n) is 5.69. The van der Waals surface area contributed by atoms with Gasteiger partial charge in [0.2, 0.25) is 11.8 Å². The predicted molar refractivity (Wildman–Crippen MR) is 135 cm³/mol. The highest BCUT2D eigenvalue weighted by atomic mass is 79.9. The number of hydrogen-bond donors (Lipinski definition) is 0. The van der Waals surface area contributed by atoms with E-state index < -0.39 is 35.6 Å². The van der Waals surface area contributed by atoms with Gasteiger partial charge in [0.05, 0.1) is 35.1 Å². The van der Waals surface area contributed by atoms with Crippen LogP contribution < -0.4 is 9.64 Å². The molecule has 3 aliphatic rings. The number of methoxy groups -OCH3 is 1. The number of imide groups is 1. The van der Waals surface area contributed by atoms with Gasteiger partial charge in [0, 0.05) is 11.8 Å². The van der Waals surface area contributed by atoms with Crippen LogP contribution in [0.3, 0.4) is 0 Å². The SMILES string of the molecule is COc1ccc(C(=O)[C@H]2[C@H]3C(=O)N(c4ccc(F)cc4)C(=O)[C@H]3[C@@H]3c4ccccc4C=CN23)cc1Br. The Morgan fingerprint density at radius 3 is 2.42 bits per heavy atom. The molecule has 2 fully saturated rings. The summed E-state index contributed by atoms with van der Waals surface area (Å²) in [5.74, 6) is -2.64. The summed E-state index contributed by atoms with van der Waals surface area (Å²) in [4.78, 5) is 44.6. The minimum Gasteiger partial charge on any atom is -0.496 e. The van der Waals surface area contributed by atoms with Gasteiger partial charge in [0.25, 0.3) is 0 Å². The van der Waals surface area contributed by atoms with Crippen molar-refractivity contribution < 1.29 is 23.5 Å². The number of nitrogens with zero attached hydrogens (tertiary/aromatic N) is 2. The number of anilines is 1. The van der Waals surface area contributed by atoms with Gasteiger partial charge >= 0.3 is 0 Å². The molecule has 0 bridgehead atoms. The van der Waals surface area contributed by atoms with Crippen molar-refractivity contribution >= 4 is 45.3 Å². The van der Waals surface area contributed by atoms with Crippen molar-refractivity contribution in [2.45, 2.75) is 12.1 Å². The first-order valence-corrected chi connectivity index (χ1v) is 12.3. The smallest absolute Gasteiger partial charge is 0.240 e. The zero-order chi connectivity index (χ0) is 25.1. The molecule has 0 aromatic heterocycles. The Morgan fingerprint density at radius 1 is 0.972 bits per heavy atom. The van der Waals surface area contributed by atoms with E-state index in [1.165, 1.54) is 31.4 Å². The summed E-state index contributed by atoms with van der Waals surface area (Å²) in [7, 11) is 1.54. The van der Waals surface area contributed by atoms with Gasteiger partial charge in [-0.2, -0.15) is 0 Å². The Morgan fingerprint density at radius 2 is 1.69 bits per heavy atom. The van der Waals surface area contributed by atoms with Crippen LogP contribution in [0.25, 0.3) is 6.08 Å². The zero-order valence-corrected chi connectivity index (χ0v) is 20.7. The summed E-state index contributed by atoms with van der Waals surface area (Å²) in [5.41, 5.74) is 2.53. The maximum absolute atomic E-state index is 14.0. The molecule has 3 aromatic rings. The highest BCUT2D eigenvalue weighted by molar-refractivity contribution is 9.10. The van der Waals surface area contributed by atoms with Crippen LogP contribution in [0.1, 0.15) is 27.5 Å². The molecule has 36 heavy (non-hydrogen) atoms. The molecular weight excluding hydrogens is 527 g/mol. The highest BCUT2D eigenvalue weighted by Gasteiger charge is 2.64. The maximum Gasteiger partial charge on any atom is 0.240 e. The first-order valence-electron chi connectivity index (χ1n) is 11.5. The van der Waals surface area contributed by atoms with Crippen molar-refractivity contribution in [3.8, 4) is 5.75 Å². The quantitative estimate of drug-likeness (QED) is 0.340. The number of carbonyl (C=O) groups is 3. The molecule has 3 aliphatic heterocycles. The zero-order valence-electron chi connectivity index (χ0n) is 19.1. The number of fused-ring (bicyclic) bond motifs is 5. The van der Waals surface area contributed by atoms with Gasteiger partial charge < -0.3 is 9.64 Å². The van der Waals surface area contributed by atoms with Crippen molar-refractivity contribution in [1.82, 2.24) is 4.90 Å². The second kappa shape index (κ2) is 8.41. The van der Waals surface area contributed by atoms with E-state index in [4.69, 9.17) is 4.74 Å². The van der Waals surface area contributed by atoms with E-state index in [0.717, 1.165) is 16.0 Å². The van der Waals surface area contributed by atoms with Crippen molar-refractivity contribution in [2.75, 3.05) is 12.0 Å². The fraction of sp³-hybridized carbons (Fsp3) is 0.179. The van der Waals surface area contributed by atoms with Gasteiger partial charge in [0.15, 0.2) is 5.78 Å². The average molecular weight is 547 g/mol. The molecule has 2 amide bonds. The number of ketones is 1. The minimum atomic E-state index is -0.892. The fourth-order valence-corrected chi connectivity index (χ4v) is 6.23. The number of benzene rings is 3. The monoisotopic (exact) mass is 546 g/mol. The number of amides is 2. The summed E-state index contributed by atoms with van der Waals surface area (Å²) in [6.07, 6.45) is 3.72. The maximum atomic E-state index is 14.0. The van der Waals surface area contributed by atoms with Crippen molar-refractivity contribution in [3.63, 3.8) is 0 Å². The minimum absolute atomic E-state index is 0.262. The molecule has 0 N–H and O–H groups in total. The first-order chi connectivity index (χ1) is 17.4. The Labute approximate surface area is 215 Å². The lowest BCUT2D eigenvalue weighted by atomic mass is 9.83. The van der Waals surface area contributed by atoms with Crippen LogP contribution in [-0.4, -0.2) is 35.6 Å². The molecule has 0 unspecified atom stereocenters. The van der Waals surface area contributed by atoms with Crippen LogP contribution >= 0.6 is 15.9 Å². The van der Waals surface area contributed by atoms with E-state index in [-0.39, 0.29) is 11.7 Å². The molecule has 8 heteroatoms. The predicted octanol–water partition coefficient (Wildman–Crippen LogP) is 5.00. The van der Waals surface area contributed by atoms with Crippen molar-refractivity contribution in [3.05, 3.63) is 99.9 Å². The first kappa shape index (κ1) is 22.7. The lowest BCUT2D eigenvalue weighted by molar-refractivity contribution is -0.123. The number of rotatable bonds is 4. The molecular formula is C28H20BrFN2O4. The van der Waals surface area contributed by atoms with Crippen molar-refractivity contribution in [1.29, 1.82) is 0 Å². The number of ether oxygens (including phenoxy) is 1. The molecule has 3 aromatic carbocycles. The molecule has 4 atom stereocenters. The van der Waals surface area contributed by atoms with Crippen LogP contribution in [-0.2, 0) is 9.59 Å². The van der Waals surface area contributed by atoms with Gasteiger partial charge in [-0.05, 0) is 75.6 Å².